The van der Waals surface area contributed by atoms with Crippen LogP contribution in [0.5, 0.6) is 0 Å². The van der Waals surface area contributed by atoms with Crippen LogP contribution in [0.3, 0.4) is 0 Å². The van der Waals surface area contributed by atoms with Gasteiger partial charge in [-0.25, -0.2) is 4.79 Å². The number of amides is 1. The summed E-state index contributed by atoms with van der Waals surface area (Å²) >= 11 is 0. The van der Waals surface area contributed by atoms with Crippen LogP contribution in [0.2, 0.25) is 0 Å². The van der Waals surface area contributed by atoms with Crippen molar-refractivity contribution in [1.82, 2.24) is 5.32 Å². The predicted octanol–water partition coefficient (Wildman–Crippen LogP) is 2.22. The molecule has 0 saturated heterocycles. The number of hydrogen-bond donors (Lipinski definition) is 1. The van der Waals surface area contributed by atoms with Crippen LogP contribution in [0, 0.1) is 0 Å². The van der Waals surface area contributed by atoms with Crippen LogP contribution >= 0.6 is 0 Å². The minimum Gasteiger partial charge on any atom is -0.446 e. The SMILES string of the molecule is O=C(NCC(F)(F)F)OC1CCCC1. The smallest absolute Gasteiger partial charge is 0.407 e. The predicted molar refractivity (Wildman–Crippen MR) is 42.8 cm³/mol. The average molecular weight is 211 g/mol. The molecule has 1 rings (SSSR count). The standard InChI is InChI=1S/C8H12F3NO2/c9-8(10,11)5-12-7(13)14-6-3-1-2-4-6/h6H,1-5H2,(H,12,13). The number of nitrogens with one attached hydrogen (secondary N) is 1. The molecule has 0 aromatic carbocycles. The summed E-state index contributed by atoms with van der Waals surface area (Å²) in [6.45, 7) is -1.33. The third-order valence-corrected chi connectivity index (χ3v) is 2.01. The minimum absolute atomic E-state index is 0.205. The van der Waals surface area contributed by atoms with Crippen molar-refractivity contribution in [2.45, 2.75) is 38.0 Å². The van der Waals surface area contributed by atoms with Crippen LogP contribution in [-0.2, 0) is 4.74 Å². The van der Waals surface area contributed by atoms with Crippen LogP contribution in [0.15, 0.2) is 0 Å². The van der Waals surface area contributed by atoms with Crippen LogP contribution < -0.4 is 5.32 Å². The van der Waals surface area contributed by atoms with Gasteiger partial charge in [-0.05, 0) is 25.7 Å². The van der Waals surface area contributed by atoms with Crippen LogP contribution in [0.4, 0.5) is 18.0 Å². The van der Waals surface area contributed by atoms with Crippen LogP contribution in [0.1, 0.15) is 25.7 Å². The van der Waals surface area contributed by atoms with Crippen molar-refractivity contribution in [3.05, 3.63) is 0 Å². The number of alkyl carbamates (subject to hydrolysis) is 1. The molecule has 1 aliphatic carbocycles. The molecule has 1 aliphatic rings. The molecule has 0 aliphatic heterocycles. The molecule has 0 atom stereocenters. The summed E-state index contributed by atoms with van der Waals surface area (Å²) in [6.07, 6.45) is -2.13. The lowest BCUT2D eigenvalue weighted by Gasteiger charge is -2.13. The van der Waals surface area contributed by atoms with E-state index in [1.807, 2.05) is 0 Å². The van der Waals surface area contributed by atoms with Crippen molar-refractivity contribution in [1.29, 1.82) is 0 Å². The first kappa shape index (κ1) is 11.1. The van der Waals surface area contributed by atoms with E-state index >= 15 is 0 Å². The van der Waals surface area contributed by atoms with E-state index < -0.39 is 18.8 Å². The summed E-state index contributed by atoms with van der Waals surface area (Å²) in [7, 11) is 0. The molecule has 1 N–H and O–H groups in total. The molecule has 0 radical (unpaired) electrons. The summed E-state index contributed by atoms with van der Waals surface area (Å²) in [5.74, 6) is 0. The Morgan fingerprint density at radius 1 is 1.36 bits per heavy atom. The monoisotopic (exact) mass is 211 g/mol. The van der Waals surface area contributed by atoms with Gasteiger partial charge >= 0.3 is 12.3 Å². The molecule has 0 aromatic heterocycles. The van der Waals surface area contributed by atoms with E-state index in [1.165, 1.54) is 0 Å². The molecule has 0 spiro atoms. The second kappa shape index (κ2) is 4.52. The van der Waals surface area contributed by atoms with Gasteiger partial charge < -0.3 is 10.1 Å². The summed E-state index contributed by atoms with van der Waals surface area (Å²) < 4.78 is 39.7. The maximum Gasteiger partial charge on any atom is 0.407 e. The highest BCUT2D eigenvalue weighted by molar-refractivity contribution is 5.67. The van der Waals surface area contributed by atoms with E-state index in [4.69, 9.17) is 4.74 Å². The van der Waals surface area contributed by atoms with Gasteiger partial charge in [0, 0.05) is 0 Å². The van der Waals surface area contributed by atoms with Gasteiger partial charge in [0.1, 0.15) is 12.6 Å². The lowest BCUT2D eigenvalue weighted by atomic mass is 10.3. The second-order valence-corrected chi connectivity index (χ2v) is 3.28. The Labute approximate surface area is 79.6 Å². The summed E-state index contributed by atoms with van der Waals surface area (Å²) in [5, 5.41) is 1.66. The third-order valence-electron chi connectivity index (χ3n) is 2.01. The van der Waals surface area contributed by atoms with E-state index in [9.17, 15) is 18.0 Å². The first-order chi connectivity index (χ1) is 6.47. The van der Waals surface area contributed by atoms with Crippen LogP contribution in [0.25, 0.3) is 0 Å². The Morgan fingerprint density at radius 3 is 2.43 bits per heavy atom. The van der Waals surface area contributed by atoms with Crippen molar-refractivity contribution in [3.63, 3.8) is 0 Å². The summed E-state index contributed by atoms with van der Waals surface area (Å²) in [6, 6.07) is 0. The molecule has 14 heavy (non-hydrogen) atoms. The Bertz CT molecular complexity index is 199. The number of carbonyl (C=O) groups excluding carboxylic acids is 1. The number of halogens is 3. The third kappa shape index (κ3) is 4.34. The lowest BCUT2D eigenvalue weighted by Crippen LogP contribution is -2.35. The van der Waals surface area contributed by atoms with Gasteiger partial charge in [0.25, 0.3) is 0 Å². The molecule has 3 nitrogen and oxygen atoms in total. The number of ether oxygens (including phenoxy) is 1. The molecule has 0 unspecified atom stereocenters. The summed E-state index contributed by atoms with van der Waals surface area (Å²) in [5.41, 5.74) is 0. The maximum atomic E-state index is 11.7. The molecular weight excluding hydrogens is 199 g/mol. The Balaban J connectivity index is 2.15. The van der Waals surface area contributed by atoms with E-state index in [2.05, 4.69) is 0 Å². The Kier molecular flexibility index (Phi) is 3.60. The normalized spacial score (nSPS) is 18.2. The van der Waals surface area contributed by atoms with Crippen molar-refractivity contribution in [2.75, 3.05) is 6.54 Å². The fourth-order valence-electron chi connectivity index (χ4n) is 1.37. The Hall–Kier alpha value is -0.940. The molecule has 1 amide bonds. The molecule has 6 heteroatoms. The highest BCUT2D eigenvalue weighted by atomic mass is 19.4. The van der Waals surface area contributed by atoms with Crippen molar-refractivity contribution in [3.8, 4) is 0 Å². The largest absolute Gasteiger partial charge is 0.446 e. The van der Waals surface area contributed by atoms with E-state index in [0.29, 0.717) is 0 Å². The number of carbonyl (C=O) groups is 1. The minimum atomic E-state index is -4.38. The first-order valence-corrected chi connectivity index (χ1v) is 4.48. The Morgan fingerprint density at radius 2 is 1.93 bits per heavy atom. The molecule has 0 heterocycles. The molecular formula is C8H12F3NO2. The van der Waals surface area contributed by atoms with Gasteiger partial charge in [0.2, 0.25) is 0 Å². The van der Waals surface area contributed by atoms with Crippen molar-refractivity contribution in [2.24, 2.45) is 0 Å². The highest BCUT2D eigenvalue weighted by Gasteiger charge is 2.28. The molecule has 1 saturated carbocycles. The molecule has 1 fully saturated rings. The first-order valence-electron chi connectivity index (χ1n) is 4.48. The fraction of sp³-hybridized carbons (Fsp3) is 0.875. The zero-order chi connectivity index (χ0) is 10.6. The molecule has 0 aromatic rings. The quantitative estimate of drug-likeness (QED) is 0.760. The summed E-state index contributed by atoms with van der Waals surface area (Å²) in [4.78, 5) is 10.8. The topological polar surface area (TPSA) is 38.3 Å². The second-order valence-electron chi connectivity index (χ2n) is 3.28. The highest BCUT2D eigenvalue weighted by Crippen LogP contribution is 2.21. The van der Waals surface area contributed by atoms with Gasteiger partial charge in [0.05, 0.1) is 0 Å². The van der Waals surface area contributed by atoms with Gasteiger partial charge in [-0.3, -0.25) is 0 Å². The van der Waals surface area contributed by atoms with Crippen LogP contribution in [-0.4, -0.2) is 24.9 Å². The zero-order valence-electron chi connectivity index (χ0n) is 7.56. The average Bonchev–Trinajstić information content (AvgIpc) is 2.52. The van der Waals surface area contributed by atoms with E-state index in [-0.39, 0.29) is 6.10 Å². The number of rotatable bonds is 2. The number of hydrogen-bond acceptors (Lipinski definition) is 2. The van der Waals surface area contributed by atoms with Gasteiger partial charge in [-0.1, -0.05) is 0 Å². The van der Waals surface area contributed by atoms with Crippen molar-refractivity contribution >= 4 is 6.09 Å². The lowest BCUT2D eigenvalue weighted by molar-refractivity contribution is -0.124. The molecule has 82 valence electrons. The zero-order valence-corrected chi connectivity index (χ0v) is 7.56. The van der Waals surface area contributed by atoms with E-state index in [0.717, 1.165) is 25.7 Å². The maximum absolute atomic E-state index is 11.7. The molecule has 0 bridgehead atoms. The van der Waals surface area contributed by atoms with Gasteiger partial charge in [-0.2, -0.15) is 13.2 Å². The number of alkyl halides is 3. The fourth-order valence-corrected chi connectivity index (χ4v) is 1.37. The van der Waals surface area contributed by atoms with Crippen molar-refractivity contribution < 1.29 is 22.7 Å². The van der Waals surface area contributed by atoms with Gasteiger partial charge in [0.15, 0.2) is 0 Å². The van der Waals surface area contributed by atoms with Gasteiger partial charge in [-0.15, -0.1) is 0 Å². The van der Waals surface area contributed by atoms with E-state index in [1.54, 1.807) is 5.32 Å².